The molecule has 0 spiro atoms. The summed E-state index contributed by atoms with van der Waals surface area (Å²) in [6.07, 6.45) is 6.16. The van der Waals surface area contributed by atoms with Crippen LogP contribution in [0.2, 0.25) is 5.02 Å². The fraction of sp³-hybridized carbons (Fsp3) is 0.708. The van der Waals surface area contributed by atoms with E-state index in [9.17, 15) is 4.79 Å². The monoisotopic (exact) mass is 417 g/mol. The molecule has 160 valence electrons. The first-order valence-corrected chi connectivity index (χ1v) is 11.8. The van der Waals surface area contributed by atoms with Gasteiger partial charge in [0.1, 0.15) is 0 Å². The van der Waals surface area contributed by atoms with Gasteiger partial charge < -0.3 is 10.2 Å². The van der Waals surface area contributed by atoms with E-state index in [0.29, 0.717) is 0 Å². The standard InChI is InChI=1S/C24H36ClN3O/c1-17-5-4-6-21(17)27-13-15-28(16-14-27)23(29)22(18-7-9-19(25)10-8-18)20-11-12-24(2,3)26-20/h7-10,17,20-22,26H,4-6,11-16H2,1-3H3/t17?,20-,21?,22-/m0/s1. The molecule has 1 aromatic carbocycles. The van der Waals surface area contributed by atoms with E-state index in [1.807, 2.05) is 24.3 Å². The Morgan fingerprint density at radius 1 is 1.10 bits per heavy atom. The number of carbonyl (C=O) groups is 1. The third-order valence-electron chi connectivity index (χ3n) is 7.47. The molecule has 1 N–H and O–H groups in total. The number of nitrogens with one attached hydrogen (secondary N) is 1. The summed E-state index contributed by atoms with van der Waals surface area (Å²) in [6.45, 7) is 10.6. The molecule has 29 heavy (non-hydrogen) atoms. The van der Waals surface area contributed by atoms with Crippen LogP contribution in [-0.2, 0) is 4.79 Å². The fourth-order valence-electron chi connectivity index (χ4n) is 5.77. The summed E-state index contributed by atoms with van der Waals surface area (Å²) in [5, 5.41) is 4.45. The fourth-order valence-corrected chi connectivity index (χ4v) is 5.89. The number of nitrogens with zero attached hydrogens (tertiary/aromatic N) is 2. The van der Waals surface area contributed by atoms with Crippen molar-refractivity contribution >= 4 is 17.5 Å². The van der Waals surface area contributed by atoms with Gasteiger partial charge in [-0.15, -0.1) is 0 Å². The summed E-state index contributed by atoms with van der Waals surface area (Å²) in [5.74, 6) is 0.941. The minimum atomic E-state index is -0.133. The Balaban J connectivity index is 1.47. The number of amides is 1. The Morgan fingerprint density at radius 2 is 1.79 bits per heavy atom. The van der Waals surface area contributed by atoms with Gasteiger partial charge in [-0.3, -0.25) is 9.69 Å². The smallest absolute Gasteiger partial charge is 0.231 e. The summed E-state index contributed by atoms with van der Waals surface area (Å²) in [6, 6.07) is 8.80. The van der Waals surface area contributed by atoms with Gasteiger partial charge in [-0.2, -0.15) is 0 Å². The highest BCUT2D eigenvalue weighted by molar-refractivity contribution is 6.30. The SMILES string of the molecule is CC1CCCC1N1CCN(C(=O)[C@@H](c2ccc(Cl)cc2)[C@@H]2CCC(C)(C)N2)CC1. The van der Waals surface area contributed by atoms with Gasteiger partial charge in [0.05, 0.1) is 5.92 Å². The van der Waals surface area contributed by atoms with Crippen molar-refractivity contribution in [1.82, 2.24) is 15.1 Å². The summed E-state index contributed by atoms with van der Waals surface area (Å²) in [4.78, 5) is 18.5. The quantitative estimate of drug-likeness (QED) is 0.793. The third-order valence-corrected chi connectivity index (χ3v) is 7.72. The van der Waals surface area contributed by atoms with E-state index >= 15 is 0 Å². The van der Waals surface area contributed by atoms with Crippen LogP contribution in [0.3, 0.4) is 0 Å². The van der Waals surface area contributed by atoms with Crippen molar-refractivity contribution in [1.29, 1.82) is 0 Å². The topological polar surface area (TPSA) is 35.6 Å². The Hall–Kier alpha value is -1.10. The van der Waals surface area contributed by atoms with Gasteiger partial charge in [0.25, 0.3) is 0 Å². The molecular formula is C24H36ClN3O. The first-order chi connectivity index (χ1) is 13.8. The lowest BCUT2D eigenvalue weighted by Gasteiger charge is -2.41. The summed E-state index contributed by atoms with van der Waals surface area (Å²) in [5.41, 5.74) is 1.17. The predicted octanol–water partition coefficient (Wildman–Crippen LogP) is 4.29. The van der Waals surface area contributed by atoms with E-state index in [0.717, 1.165) is 61.6 Å². The summed E-state index contributed by atoms with van der Waals surface area (Å²) >= 11 is 6.12. The van der Waals surface area contributed by atoms with Crippen LogP contribution in [0.5, 0.6) is 0 Å². The number of hydrogen-bond donors (Lipinski definition) is 1. The summed E-state index contributed by atoms with van der Waals surface area (Å²) in [7, 11) is 0. The largest absolute Gasteiger partial charge is 0.340 e. The van der Waals surface area contributed by atoms with Crippen LogP contribution in [0.4, 0.5) is 0 Å². The normalized spacial score (nSPS) is 31.2. The molecule has 1 aromatic rings. The van der Waals surface area contributed by atoms with Crippen LogP contribution in [0.1, 0.15) is 64.4 Å². The van der Waals surface area contributed by atoms with Crippen molar-refractivity contribution < 1.29 is 4.79 Å². The highest BCUT2D eigenvalue weighted by Crippen LogP contribution is 2.35. The van der Waals surface area contributed by atoms with Crippen molar-refractivity contribution in [2.45, 2.75) is 76.4 Å². The van der Waals surface area contributed by atoms with Gasteiger partial charge >= 0.3 is 0 Å². The predicted molar refractivity (Wildman–Crippen MR) is 119 cm³/mol. The molecule has 2 saturated heterocycles. The minimum absolute atomic E-state index is 0.0902. The molecule has 5 heteroatoms. The molecule has 2 heterocycles. The zero-order chi connectivity index (χ0) is 20.6. The van der Waals surface area contributed by atoms with Crippen molar-refractivity contribution in [3.63, 3.8) is 0 Å². The Kier molecular flexibility index (Phi) is 6.24. The van der Waals surface area contributed by atoms with E-state index < -0.39 is 0 Å². The molecule has 1 aliphatic carbocycles. The van der Waals surface area contributed by atoms with Gasteiger partial charge in [-0.25, -0.2) is 0 Å². The summed E-state index contributed by atoms with van der Waals surface area (Å²) < 4.78 is 0. The van der Waals surface area contributed by atoms with E-state index in [-0.39, 0.29) is 23.4 Å². The van der Waals surface area contributed by atoms with Gasteiger partial charge in [0, 0.05) is 48.8 Å². The molecule has 1 saturated carbocycles. The van der Waals surface area contributed by atoms with Gasteiger partial charge in [-0.05, 0) is 63.1 Å². The second-order valence-electron chi connectivity index (χ2n) is 10.0. The van der Waals surface area contributed by atoms with Gasteiger partial charge in [-0.1, -0.05) is 37.1 Å². The molecule has 3 fully saturated rings. The number of rotatable bonds is 4. The van der Waals surface area contributed by atoms with Crippen molar-refractivity contribution in [2.24, 2.45) is 5.92 Å². The molecule has 0 bridgehead atoms. The average molecular weight is 418 g/mol. The lowest BCUT2D eigenvalue weighted by molar-refractivity contribution is -0.135. The van der Waals surface area contributed by atoms with E-state index in [4.69, 9.17) is 11.6 Å². The highest BCUT2D eigenvalue weighted by Gasteiger charge is 2.41. The van der Waals surface area contributed by atoms with E-state index in [2.05, 4.69) is 35.9 Å². The lowest BCUT2D eigenvalue weighted by atomic mass is 9.88. The number of carbonyl (C=O) groups excluding carboxylic acids is 1. The lowest BCUT2D eigenvalue weighted by Crippen LogP contribution is -2.55. The number of hydrogen-bond acceptors (Lipinski definition) is 3. The second-order valence-corrected chi connectivity index (χ2v) is 10.5. The Labute approximate surface area is 181 Å². The van der Waals surface area contributed by atoms with Crippen molar-refractivity contribution in [2.75, 3.05) is 26.2 Å². The maximum absolute atomic E-state index is 13.7. The molecule has 0 aromatic heterocycles. The Bertz CT molecular complexity index is 711. The van der Waals surface area contributed by atoms with Gasteiger partial charge in [0.15, 0.2) is 0 Å². The Morgan fingerprint density at radius 3 is 2.34 bits per heavy atom. The first-order valence-electron chi connectivity index (χ1n) is 11.4. The molecular weight excluding hydrogens is 382 g/mol. The van der Waals surface area contributed by atoms with Crippen molar-refractivity contribution in [3.8, 4) is 0 Å². The molecule has 4 atom stereocenters. The maximum Gasteiger partial charge on any atom is 0.231 e. The van der Waals surface area contributed by atoms with Crippen LogP contribution in [-0.4, -0.2) is 59.5 Å². The number of benzene rings is 1. The molecule has 4 rings (SSSR count). The molecule has 2 aliphatic heterocycles. The number of piperazine rings is 1. The van der Waals surface area contributed by atoms with Crippen LogP contribution in [0.15, 0.2) is 24.3 Å². The zero-order valence-corrected chi connectivity index (χ0v) is 18.9. The molecule has 3 aliphatic rings. The van der Waals surface area contributed by atoms with E-state index in [1.54, 1.807) is 0 Å². The molecule has 2 unspecified atom stereocenters. The van der Waals surface area contributed by atoms with Crippen LogP contribution in [0.25, 0.3) is 0 Å². The van der Waals surface area contributed by atoms with Gasteiger partial charge in [0.2, 0.25) is 5.91 Å². The third kappa shape index (κ3) is 4.65. The van der Waals surface area contributed by atoms with Crippen molar-refractivity contribution in [3.05, 3.63) is 34.9 Å². The zero-order valence-electron chi connectivity index (χ0n) is 18.2. The molecule has 1 amide bonds. The van der Waals surface area contributed by atoms with Crippen LogP contribution in [0, 0.1) is 5.92 Å². The van der Waals surface area contributed by atoms with E-state index in [1.165, 1.54) is 19.3 Å². The second kappa shape index (κ2) is 8.56. The molecule has 4 nitrogen and oxygen atoms in total. The van der Waals surface area contributed by atoms with Crippen LogP contribution < -0.4 is 5.32 Å². The maximum atomic E-state index is 13.7. The average Bonchev–Trinajstić information content (AvgIpc) is 3.28. The highest BCUT2D eigenvalue weighted by atomic mass is 35.5. The first kappa shape index (κ1) is 21.1. The minimum Gasteiger partial charge on any atom is -0.340 e. The molecule has 0 radical (unpaired) electrons. The van der Waals surface area contributed by atoms with Crippen LogP contribution >= 0.6 is 11.6 Å². The number of halogens is 1.